The summed E-state index contributed by atoms with van der Waals surface area (Å²) in [4.78, 5) is 9.33. The predicted octanol–water partition coefficient (Wildman–Crippen LogP) is 3.46. The number of β-amino-alcohol motifs (C(OH)–C–C–N with tert-alkyl or cyclic N) is 1. The van der Waals surface area contributed by atoms with Crippen molar-refractivity contribution >= 4 is 11.4 Å². The summed E-state index contributed by atoms with van der Waals surface area (Å²) in [6.45, 7) is 7.70. The molecule has 0 amide bonds. The van der Waals surface area contributed by atoms with Crippen molar-refractivity contribution in [3.63, 3.8) is 0 Å². The van der Waals surface area contributed by atoms with E-state index in [1.54, 1.807) is 0 Å². The van der Waals surface area contributed by atoms with E-state index in [-0.39, 0.29) is 12.3 Å². The van der Waals surface area contributed by atoms with Gasteiger partial charge in [0.2, 0.25) is 0 Å². The van der Waals surface area contributed by atoms with Crippen molar-refractivity contribution in [3.05, 3.63) is 53.7 Å². The molecule has 0 aliphatic carbocycles. The molecule has 166 valence electrons. The Bertz CT molecular complexity index is 1160. The van der Waals surface area contributed by atoms with Gasteiger partial charge in [0.15, 0.2) is 12.0 Å². The zero-order valence-electron chi connectivity index (χ0n) is 18.5. The van der Waals surface area contributed by atoms with Crippen molar-refractivity contribution in [2.24, 2.45) is 0 Å². The first-order valence-electron chi connectivity index (χ1n) is 11.1. The van der Waals surface area contributed by atoms with Crippen LogP contribution in [-0.4, -0.2) is 51.7 Å². The third kappa shape index (κ3) is 2.90. The molecule has 32 heavy (non-hydrogen) atoms. The van der Waals surface area contributed by atoms with E-state index in [0.29, 0.717) is 13.2 Å². The molecule has 1 aromatic carbocycles. The summed E-state index contributed by atoms with van der Waals surface area (Å²) in [6.07, 6.45) is 2.48. The van der Waals surface area contributed by atoms with E-state index < -0.39 is 5.60 Å². The number of aliphatic hydroxyl groups is 1. The third-order valence-electron chi connectivity index (χ3n) is 6.82. The highest BCUT2D eigenvalue weighted by Gasteiger charge is 2.47. The van der Waals surface area contributed by atoms with Crippen LogP contribution < -0.4 is 15.0 Å². The molecule has 3 aromatic rings. The van der Waals surface area contributed by atoms with Crippen LogP contribution in [0.1, 0.15) is 36.5 Å². The van der Waals surface area contributed by atoms with E-state index in [9.17, 15) is 5.11 Å². The fourth-order valence-electron chi connectivity index (χ4n) is 5.31. The van der Waals surface area contributed by atoms with Gasteiger partial charge in [-0.2, -0.15) is 0 Å². The zero-order chi connectivity index (χ0) is 22.0. The monoisotopic (exact) mass is 433 g/mol. The number of hydrogen-bond donors (Lipinski definition) is 2. The number of aromatic nitrogens is 2. The number of nitrogens with one attached hydrogen (secondary N) is 1. The van der Waals surface area contributed by atoms with Gasteiger partial charge in [0.1, 0.15) is 24.1 Å². The maximum Gasteiger partial charge on any atom is 0.159 e. The second kappa shape index (κ2) is 6.95. The van der Waals surface area contributed by atoms with Crippen molar-refractivity contribution in [2.45, 2.75) is 45.1 Å². The van der Waals surface area contributed by atoms with Crippen LogP contribution in [-0.2, 0) is 0 Å². The summed E-state index contributed by atoms with van der Waals surface area (Å²) >= 11 is 0. The Morgan fingerprint density at radius 3 is 2.78 bits per heavy atom. The van der Waals surface area contributed by atoms with E-state index >= 15 is 0 Å². The molecule has 1 saturated heterocycles. The first kappa shape index (κ1) is 19.6. The van der Waals surface area contributed by atoms with Crippen LogP contribution in [0.3, 0.4) is 0 Å². The standard InChI is InChI=1S/C24H27N5O3/c1-14-20(15(2)32-27-14)16-7-8-18-21-22(16)31-12-19(17-6-4-5-10-25-17)29(21)23(26-18)28-11-9-24(3,30)13-28/h4-8,10,19,23,26,30H,9,11-13H2,1-3H3/t19-,23?,24?/m1/s1. The molecule has 6 rings (SSSR count). The van der Waals surface area contributed by atoms with Gasteiger partial charge in [-0.05, 0) is 51.5 Å². The SMILES string of the molecule is Cc1noc(C)c1-c1ccc2c3c1OC[C@H](c1ccccn1)N3C(N1CCC(C)(O)C1)N2. The Balaban J connectivity index is 1.50. The highest BCUT2D eigenvalue weighted by Crippen LogP contribution is 2.54. The van der Waals surface area contributed by atoms with Crippen molar-refractivity contribution in [1.82, 2.24) is 15.0 Å². The molecule has 2 aromatic heterocycles. The van der Waals surface area contributed by atoms with Crippen LogP contribution >= 0.6 is 0 Å². The van der Waals surface area contributed by atoms with E-state index in [1.807, 2.05) is 45.2 Å². The normalized spacial score (nSPS) is 26.7. The molecular formula is C24H27N5O3. The fraction of sp³-hybridized carbons (Fsp3) is 0.417. The van der Waals surface area contributed by atoms with E-state index in [1.165, 1.54) is 0 Å². The molecule has 3 atom stereocenters. The maximum atomic E-state index is 10.6. The molecule has 2 N–H and O–H groups in total. The molecule has 8 heteroatoms. The first-order chi connectivity index (χ1) is 15.4. The van der Waals surface area contributed by atoms with Gasteiger partial charge in [0.05, 0.1) is 28.2 Å². The lowest BCUT2D eigenvalue weighted by Gasteiger charge is -2.42. The van der Waals surface area contributed by atoms with Crippen molar-refractivity contribution in [2.75, 3.05) is 29.9 Å². The van der Waals surface area contributed by atoms with Gasteiger partial charge in [-0.1, -0.05) is 11.2 Å². The Hall–Kier alpha value is -3.10. The Morgan fingerprint density at radius 2 is 2.09 bits per heavy atom. The molecule has 0 bridgehead atoms. The Labute approximate surface area is 186 Å². The van der Waals surface area contributed by atoms with Gasteiger partial charge in [-0.3, -0.25) is 9.88 Å². The summed E-state index contributed by atoms with van der Waals surface area (Å²) < 4.78 is 11.9. The number of likely N-dealkylation sites (tertiary alicyclic amines) is 1. The molecular weight excluding hydrogens is 406 g/mol. The van der Waals surface area contributed by atoms with Crippen LogP contribution in [0.4, 0.5) is 11.4 Å². The predicted molar refractivity (Wildman–Crippen MR) is 121 cm³/mol. The second-order valence-electron chi connectivity index (χ2n) is 9.26. The van der Waals surface area contributed by atoms with Gasteiger partial charge in [-0.25, -0.2) is 0 Å². The number of benzene rings is 1. The number of nitrogens with zero attached hydrogens (tertiary/aromatic N) is 4. The minimum absolute atomic E-state index is 0.0482. The molecule has 0 radical (unpaired) electrons. The van der Waals surface area contributed by atoms with E-state index in [0.717, 1.165) is 58.4 Å². The summed E-state index contributed by atoms with van der Waals surface area (Å²) in [5.74, 6) is 1.61. The number of aryl methyl sites for hydroxylation is 2. The van der Waals surface area contributed by atoms with Gasteiger partial charge in [-0.15, -0.1) is 0 Å². The molecule has 0 spiro atoms. The largest absolute Gasteiger partial charge is 0.488 e. The molecule has 8 nitrogen and oxygen atoms in total. The number of rotatable bonds is 3. The van der Waals surface area contributed by atoms with E-state index in [4.69, 9.17) is 9.26 Å². The summed E-state index contributed by atoms with van der Waals surface area (Å²) in [5.41, 5.74) is 5.14. The maximum absolute atomic E-state index is 10.6. The smallest absolute Gasteiger partial charge is 0.159 e. The zero-order valence-corrected chi connectivity index (χ0v) is 18.5. The van der Waals surface area contributed by atoms with Crippen molar-refractivity contribution < 1.29 is 14.4 Å². The summed E-state index contributed by atoms with van der Waals surface area (Å²) in [7, 11) is 0. The quantitative estimate of drug-likeness (QED) is 0.650. The van der Waals surface area contributed by atoms with Crippen LogP contribution in [0.2, 0.25) is 0 Å². The van der Waals surface area contributed by atoms with Crippen LogP contribution in [0.5, 0.6) is 5.75 Å². The Kier molecular flexibility index (Phi) is 4.25. The fourth-order valence-corrected chi connectivity index (χ4v) is 5.31. The number of ether oxygens (including phenoxy) is 1. The van der Waals surface area contributed by atoms with Gasteiger partial charge >= 0.3 is 0 Å². The molecule has 0 saturated carbocycles. The lowest BCUT2D eigenvalue weighted by atomic mass is 9.99. The minimum atomic E-state index is -0.687. The first-order valence-corrected chi connectivity index (χ1v) is 11.1. The molecule has 5 heterocycles. The summed E-state index contributed by atoms with van der Waals surface area (Å²) in [6, 6.07) is 10.1. The van der Waals surface area contributed by atoms with Gasteiger partial charge in [0.25, 0.3) is 0 Å². The highest BCUT2D eigenvalue weighted by molar-refractivity contribution is 5.91. The molecule has 1 fully saturated rings. The lowest BCUT2D eigenvalue weighted by Crippen LogP contribution is -2.53. The minimum Gasteiger partial charge on any atom is -0.488 e. The highest BCUT2D eigenvalue weighted by atomic mass is 16.5. The van der Waals surface area contributed by atoms with Crippen LogP contribution in [0, 0.1) is 13.8 Å². The number of hydrogen-bond acceptors (Lipinski definition) is 8. The number of anilines is 2. The summed E-state index contributed by atoms with van der Waals surface area (Å²) in [5, 5.41) is 18.5. The average molecular weight is 434 g/mol. The Morgan fingerprint density at radius 1 is 1.22 bits per heavy atom. The van der Waals surface area contributed by atoms with Gasteiger partial charge < -0.3 is 24.6 Å². The third-order valence-corrected chi connectivity index (χ3v) is 6.82. The van der Waals surface area contributed by atoms with E-state index in [2.05, 4.69) is 37.4 Å². The van der Waals surface area contributed by atoms with Crippen molar-refractivity contribution in [1.29, 1.82) is 0 Å². The second-order valence-corrected chi connectivity index (χ2v) is 9.26. The number of pyridine rings is 1. The lowest BCUT2D eigenvalue weighted by molar-refractivity contribution is 0.0628. The van der Waals surface area contributed by atoms with Crippen molar-refractivity contribution in [3.8, 4) is 16.9 Å². The molecule has 3 aliphatic rings. The van der Waals surface area contributed by atoms with Crippen LogP contribution in [0.25, 0.3) is 11.1 Å². The average Bonchev–Trinajstić information content (AvgIpc) is 3.45. The molecule has 3 aliphatic heterocycles. The topological polar surface area (TPSA) is 86.9 Å². The van der Waals surface area contributed by atoms with Crippen LogP contribution in [0.15, 0.2) is 41.1 Å². The molecule has 2 unspecified atom stereocenters. The van der Waals surface area contributed by atoms with Gasteiger partial charge in [0, 0.05) is 24.8 Å².